The number of nitrogens with zero attached hydrogens (tertiary/aromatic N) is 3. The highest BCUT2D eigenvalue weighted by Gasteiger charge is 2.26. The minimum Gasteiger partial charge on any atom is -0.372 e. The summed E-state index contributed by atoms with van der Waals surface area (Å²) in [6.45, 7) is 5.48. The average molecular weight is 305 g/mol. The van der Waals surface area contributed by atoms with E-state index in [9.17, 15) is 8.78 Å². The maximum absolute atomic E-state index is 13.0. The third-order valence-corrected chi connectivity index (χ3v) is 3.69. The number of halogens is 2. The van der Waals surface area contributed by atoms with Crippen LogP contribution in [0.1, 0.15) is 18.7 Å². The molecule has 4 nitrogen and oxygen atoms in total. The number of ether oxygens (including phenoxy) is 1. The molecule has 1 aromatic carbocycles. The Morgan fingerprint density at radius 1 is 1.36 bits per heavy atom. The van der Waals surface area contributed by atoms with Crippen LogP contribution in [0.5, 0.6) is 0 Å². The van der Waals surface area contributed by atoms with Crippen LogP contribution in [0.15, 0.2) is 36.9 Å². The highest BCUT2D eigenvalue weighted by molar-refractivity contribution is 5.89. The van der Waals surface area contributed by atoms with E-state index in [0.717, 1.165) is 18.4 Å². The summed E-state index contributed by atoms with van der Waals surface area (Å²) in [4.78, 5) is 10.0. The van der Waals surface area contributed by atoms with Gasteiger partial charge in [-0.05, 0) is 18.6 Å². The standard InChI is InChI=1S/C16H17F2N3O/c1-2-9-22-11-7-8-21(10-11)16-12-5-3-4-6-13(12)19-15(20-16)14(17)18/h2-6,11,14H,1,7-10H2. The number of aromatic nitrogens is 2. The van der Waals surface area contributed by atoms with Gasteiger partial charge in [0.1, 0.15) is 5.82 Å². The maximum Gasteiger partial charge on any atom is 0.297 e. The van der Waals surface area contributed by atoms with E-state index in [1.54, 1.807) is 18.2 Å². The number of hydrogen-bond acceptors (Lipinski definition) is 4. The first-order valence-electron chi connectivity index (χ1n) is 7.21. The van der Waals surface area contributed by atoms with Gasteiger partial charge in [0, 0.05) is 18.5 Å². The van der Waals surface area contributed by atoms with Crippen molar-refractivity contribution in [1.82, 2.24) is 9.97 Å². The van der Waals surface area contributed by atoms with Crippen LogP contribution in [0, 0.1) is 0 Å². The first-order chi connectivity index (χ1) is 10.7. The van der Waals surface area contributed by atoms with Gasteiger partial charge in [-0.15, -0.1) is 6.58 Å². The van der Waals surface area contributed by atoms with Crippen molar-refractivity contribution in [3.05, 3.63) is 42.7 Å². The van der Waals surface area contributed by atoms with E-state index in [0.29, 0.717) is 24.5 Å². The second kappa shape index (κ2) is 6.36. The third kappa shape index (κ3) is 2.92. The average Bonchev–Trinajstić information content (AvgIpc) is 3.00. The van der Waals surface area contributed by atoms with E-state index in [2.05, 4.69) is 16.5 Å². The molecule has 1 aromatic heterocycles. The fraction of sp³-hybridized carbons (Fsp3) is 0.375. The zero-order valence-electron chi connectivity index (χ0n) is 12.1. The molecule has 0 spiro atoms. The molecule has 1 saturated heterocycles. The Balaban J connectivity index is 1.94. The Bertz CT molecular complexity index is 677. The van der Waals surface area contributed by atoms with Crippen LogP contribution in [-0.2, 0) is 4.74 Å². The summed E-state index contributed by atoms with van der Waals surface area (Å²) in [5, 5.41) is 0.788. The number of rotatable bonds is 5. The lowest BCUT2D eigenvalue weighted by Gasteiger charge is -2.20. The van der Waals surface area contributed by atoms with E-state index in [-0.39, 0.29) is 6.10 Å². The van der Waals surface area contributed by atoms with Crippen molar-refractivity contribution in [2.75, 3.05) is 24.6 Å². The van der Waals surface area contributed by atoms with E-state index in [1.165, 1.54) is 0 Å². The molecule has 0 radical (unpaired) electrons. The van der Waals surface area contributed by atoms with Crippen LogP contribution >= 0.6 is 0 Å². The largest absolute Gasteiger partial charge is 0.372 e. The van der Waals surface area contributed by atoms with Crippen LogP contribution in [0.4, 0.5) is 14.6 Å². The molecule has 1 unspecified atom stereocenters. The predicted octanol–water partition coefficient (Wildman–Crippen LogP) is 3.35. The molecule has 116 valence electrons. The zero-order valence-corrected chi connectivity index (χ0v) is 12.1. The van der Waals surface area contributed by atoms with Crippen molar-refractivity contribution < 1.29 is 13.5 Å². The zero-order chi connectivity index (χ0) is 15.5. The maximum atomic E-state index is 13.0. The van der Waals surface area contributed by atoms with Crippen molar-refractivity contribution in [2.24, 2.45) is 0 Å². The van der Waals surface area contributed by atoms with E-state index < -0.39 is 12.2 Å². The molecule has 0 N–H and O–H groups in total. The molecule has 0 bridgehead atoms. The Morgan fingerprint density at radius 3 is 2.95 bits per heavy atom. The van der Waals surface area contributed by atoms with Gasteiger partial charge in [-0.1, -0.05) is 18.2 Å². The number of fused-ring (bicyclic) bond motifs is 1. The van der Waals surface area contributed by atoms with E-state index in [4.69, 9.17) is 4.74 Å². The van der Waals surface area contributed by atoms with Crippen LogP contribution in [-0.4, -0.2) is 35.8 Å². The summed E-state index contributed by atoms with van der Waals surface area (Å²) < 4.78 is 31.7. The first-order valence-corrected chi connectivity index (χ1v) is 7.21. The van der Waals surface area contributed by atoms with Gasteiger partial charge >= 0.3 is 0 Å². The van der Waals surface area contributed by atoms with Gasteiger partial charge in [-0.3, -0.25) is 0 Å². The lowest BCUT2D eigenvalue weighted by atomic mass is 10.2. The number of alkyl halides is 2. The molecule has 2 heterocycles. The van der Waals surface area contributed by atoms with Crippen LogP contribution in [0.2, 0.25) is 0 Å². The highest BCUT2D eigenvalue weighted by Crippen LogP contribution is 2.29. The number of hydrogen-bond donors (Lipinski definition) is 0. The van der Waals surface area contributed by atoms with Crippen LogP contribution < -0.4 is 4.90 Å². The van der Waals surface area contributed by atoms with E-state index >= 15 is 0 Å². The molecule has 3 rings (SSSR count). The highest BCUT2D eigenvalue weighted by atomic mass is 19.3. The van der Waals surface area contributed by atoms with Gasteiger partial charge in [0.15, 0.2) is 5.82 Å². The lowest BCUT2D eigenvalue weighted by Crippen LogP contribution is -2.24. The molecule has 0 saturated carbocycles. The quantitative estimate of drug-likeness (QED) is 0.794. The van der Waals surface area contributed by atoms with Crippen molar-refractivity contribution in [3.63, 3.8) is 0 Å². The normalized spacial score (nSPS) is 18.3. The first kappa shape index (κ1) is 14.8. The SMILES string of the molecule is C=CCOC1CCN(c2nc(C(F)F)nc3ccccc23)C1. The Morgan fingerprint density at radius 2 is 2.18 bits per heavy atom. The molecular weight excluding hydrogens is 288 g/mol. The van der Waals surface area contributed by atoms with Crippen molar-refractivity contribution in [1.29, 1.82) is 0 Å². The molecule has 22 heavy (non-hydrogen) atoms. The van der Waals surface area contributed by atoms with Gasteiger partial charge in [-0.25, -0.2) is 18.7 Å². The minimum atomic E-state index is -2.68. The lowest BCUT2D eigenvalue weighted by molar-refractivity contribution is 0.0909. The molecule has 1 aliphatic heterocycles. The molecule has 6 heteroatoms. The summed E-state index contributed by atoms with van der Waals surface area (Å²) in [5.41, 5.74) is 0.540. The molecule has 2 aromatic rings. The van der Waals surface area contributed by atoms with Gasteiger partial charge in [0.2, 0.25) is 0 Å². The predicted molar refractivity (Wildman–Crippen MR) is 81.3 cm³/mol. The smallest absolute Gasteiger partial charge is 0.297 e. The number of anilines is 1. The third-order valence-electron chi connectivity index (χ3n) is 3.69. The molecule has 1 fully saturated rings. The molecular formula is C16H17F2N3O. The van der Waals surface area contributed by atoms with Gasteiger partial charge in [-0.2, -0.15) is 0 Å². The molecule has 0 aliphatic carbocycles. The summed E-state index contributed by atoms with van der Waals surface area (Å²) in [6, 6.07) is 7.24. The second-order valence-corrected chi connectivity index (χ2v) is 5.20. The van der Waals surface area contributed by atoms with Crippen molar-refractivity contribution >= 4 is 16.7 Å². The Kier molecular flexibility index (Phi) is 4.29. The molecule has 1 aliphatic rings. The Hall–Kier alpha value is -2.08. The van der Waals surface area contributed by atoms with Gasteiger partial charge in [0.05, 0.1) is 18.2 Å². The van der Waals surface area contributed by atoms with Gasteiger partial charge < -0.3 is 9.64 Å². The minimum absolute atomic E-state index is 0.0710. The number of para-hydroxylation sites is 1. The van der Waals surface area contributed by atoms with Crippen molar-refractivity contribution in [2.45, 2.75) is 19.0 Å². The molecule has 0 amide bonds. The number of benzene rings is 1. The fourth-order valence-corrected chi connectivity index (χ4v) is 2.68. The summed E-state index contributed by atoms with van der Waals surface area (Å²) in [6.07, 6.45) is -0.0612. The second-order valence-electron chi connectivity index (χ2n) is 5.20. The van der Waals surface area contributed by atoms with Crippen molar-refractivity contribution in [3.8, 4) is 0 Å². The van der Waals surface area contributed by atoms with E-state index in [1.807, 2.05) is 17.0 Å². The summed E-state index contributed by atoms with van der Waals surface area (Å²) in [5.74, 6) is 0.134. The summed E-state index contributed by atoms with van der Waals surface area (Å²) in [7, 11) is 0. The topological polar surface area (TPSA) is 38.2 Å². The molecule has 1 atom stereocenters. The van der Waals surface area contributed by atoms with Crippen LogP contribution in [0.3, 0.4) is 0 Å². The summed E-state index contributed by atoms with van der Waals surface area (Å²) >= 11 is 0. The van der Waals surface area contributed by atoms with Crippen LogP contribution in [0.25, 0.3) is 10.9 Å². The fourth-order valence-electron chi connectivity index (χ4n) is 2.68. The monoisotopic (exact) mass is 305 g/mol. The van der Waals surface area contributed by atoms with Gasteiger partial charge in [0.25, 0.3) is 6.43 Å². The Labute approximate surface area is 127 Å².